The van der Waals surface area contributed by atoms with Crippen LogP contribution in [0.2, 0.25) is 0 Å². The molecular weight excluding hydrogens is 865 g/mol. The number of nitrogens with zero attached hydrogens (tertiary/aromatic N) is 2. The number of piperidine rings is 1. The Morgan fingerprint density at radius 3 is 2.01 bits per heavy atom. The van der Waals surface area contributed by atoms with Crippen LogP contribution < -0.4 is 32.7 Å². The summed E-state index contributed by atoms with van der Waals surface area (Å²) >= 11 is 0. The molecule has 0 radical (unpaired) electrons. The number of esters is 1. The van der Waals surface area contributed by atoms with Crippen molar-refractivity contribution in [2.75, 3.05) is 13.6 Å². The Hall–Kier alpha value is -5.56. The van der Waals surface area contributed by atoms with Crippen LogP contribution in [0.15, 0.2) is 36.4 Å². The molecule has 1 aromatic carbocycles. The highest BCUT2D eigenvalue weighted by Crippen LogP contribution is 2.28. The molecule has 19 nitrogen and oxygen atoms in total. The molecule has 2 rings (SSSR count). The molecule has 7 amide bonds. The number of ether oxygens (including phenoxy) is 1. The first-order valence-corrected chi connectivity index (χ1v) is 23.5. The first kappa shape index (κ1) is 57.6. The highest BCUT2D eigenvalue weighted by atomic mass is 16.5. The van der Waals surface area contributed by atoms with E-state index in [4.69, 9.17) is 16.2 Å². The van der Waals surface area contributed by atoms with Gasteiger partial charge in [0.1, 0.15) is 54.3 Å². The van der Waals surface area contributed by atoms with Crippen molar-refractivity contribution in [3.63, 3.8) is 0 Å². The zero-order valence-corrected chi connectivity index (χ0v) is 41.2. The molecule has 67 heavy (non-hydrogen) atoms. The summed E-state index contributed by atoms with van der Waals surface area (Å²) in [5.74, 6) is -7.57. The molecule has 11 atom stereocenters. The number of phenolic OH excluding ortho intramolecular Hbond substituents is 1. The molecule has 0 aromatic heterocycles. The van der Waals surface area contributed by atoms with E-state index in [0.717, 1.165) is 9.80 Å². The Morgan fingerprint density at radius 2 is 1.48 bits per heavy atom. The van der Waals surface area contributed by atoms with E-state index in [1.165, 1.54) is 32.2 Å². The number of aromatic hydroxyl groups is 1. The van der Waals surface area contributed by atoms with Gasteiger partial charge in [0.15, 0.2) is 0 Å². The minimum atomic E-state index is -1.57. The minimum absolute atomic E-state index is 0.00722. The fourth-order valence-corrected chi connectivity index (χ4v) is 7.54. The van der Waals surface area contributed by atoms with E-state index < -0.39 is 114 Å². The van der Waals surface area contributed by atoms with Crippen LogP contribution in [-0.4, -0.2) is 130 Å². The number of nitrogens with one attached hydrogen (secondary N) is 4. The zero-order valence-electron chi connectivity index (χ0n) is 41.2. The predicted molar refractivity (Wildman–Crippen MR) is 252 cm³/mol. The average Bonchev–Trinajstić information content (AvgIpc) is 3.27. The molecule has 1 aromatic rings. The largest absolute Gasteiger partial charge is 0.508 e. The van der Waals surface area contributed by atoms with E-state index in [0.29, 0.717) is 24.8 Å². The lowest BCUT2D eigenvalue weighted by atomic mass is 9.91. The summed E-state index contributed by atoms with van der Waals surface area (Å²) < 4.78 is 5.77. The zero-order chi connectivity index (χ0) is 50.9. The number of benzene rings is 1. The Kier molecular flexibility index (Phi) is 23.5. The fourth-order valence-electron chi connectivity index (χ4n) is 7.54. The predicted octanol–water partition coefficient (Wildman–Crippen LogP) is 1.76. The third-order valence-corrected chi connectivity index (χ3v) is 12.5. The van der Waals surface area contributed by atoms with Gasteiger partial charge in [-0.15, -0.1) is 0 Å². The molecule has 1 fully saturated rings. The van der Waals surface area contributed by atoms with Crippen molar-refractivity contribution in [2.24, 2.45) is 41.1 Å². The van der Waals surface area contributed by atoms with Crippen molar-refractivity contribution in [1.29, 1.82) is 0 Å². The van der Waals surface area contributed by atoms with Crippen molar-refractivity contribution < 1.29 is 53.3 Å². The molecule has 11 unspecified atom stereocenters. The van der Waals surface area contributed by atoms with Crippen LogP contribution in [0, 0.1) is 29.6 Å². The van der Waals surface area contributed by atoms with Crippen molar-refractivity contribution in [3.05, 3.63) is 42.0 Å². The number of phenols is 1. The van der Waals surface area contributed by atoms with Crippen molar-refractivity contribution >= 4 is 47.3 Å². The Balaban J connectivity index is 2.50. The topological polar surface area (TPSA) is 293 Å². The fraction of sp³-hybridized carbons (Fsp3) is 0.667. The van der Waals surface area contributed by atoms with Crippen LogP contribution >= 0.6 is 0 Å². The Bertz CT molecular complexity index is 1880. The van der Waals surface area contributed by atoms with Crippen molar-refractivity contribution in [1.82, 2.24) is 31.1 Å². The van der Waals surface area contributed by atoms with Gasteiger partial charge in [-0.3, -0.25) is 38.4 Å². The van der Waals surface area contributed by atoms with Crippen molar-refractivity contribution in [3.8, 4) is 5.75 Å². The molecular formula is C48H78N8O11. The third-order valence-electron chi connectivity index (χ3n) is 12.5. The second-order valence-electron chi connectivity index (χ2n) is 18.6. The van der Waals surface area contributed by atoms with Gasteiger partial charge in [-0.05, 0) is 74.6 Å². The molecule has 376 valence electrons. The average molecular weight is 943 g/mol. The monoisotopic (exact) mass is 943 g/mol. The van der Waals surface area contributed by atoms with Gasteiger partial charge in [-0.25, -0.2) is 0 Å². The number of carbonyl (C=O) groups is 8. The molecule has 1 saturated heterocycles. The number of hydrogen-bond donors (Lipinski definition) is 8. The van der Waals surface area contributed by atoms with Gasteiger partial charge in [0, 0.05) is 19.4 Å². The van der Waals surface area contributed by atoms with Crippen LogP contribution in [-0.2, 0) is 49.5 Å². The number of aliphatic hydroxyl groups is 1. The molecule has 1 heterocycles. The second kappa shape index (κ2) is 27.3. The first-order chi connectivity index (χ1) is 31.4. The summed E-state index contributed by atoms with van der Waals surface area (Å²) in [6, 6.07) is -1.73. The van der Waals surface area contributed by atoms with Gasteiger partial charge in [0.25, 0.3) is 0 Å². The molecule has 10 N–H and O–H groups in total. The number of aliphatic hydroxyl groups excluding tert-OH is 1. The lowest BCUT2D eigenvalue weighted by Gasteiger charge is -2.44. The van der Waals surface area contributed by atoms with E-state index in [1.54, 1.807) is 52.8 Å². The number of primary amides is 1. The van der Waals surface area contributed by atoms with Gasteiger partial charge in [0.05, 0.1) is 5.92 Å². The maximum atomic E-state index is 14.4. The smallest absolute Gasteiger partial charge is 0.309 e. The lowest BCUT2D eigenvalue weighted by Crippen LogP contribution is -2.66. The third kappa shape index (κ3) is 16.9. The second-order valence-corrected chi connectivity index (χ2v) is 18.6. The summed E-state index contributed by atoms with van der Waals surface area (Å²) in [4.78, 5) is 112. The molecule has 1 aliphatic rings. The number of likely N-dealkylation sites (tertiary alicyclic amines) is 1. The van der Waals surface area contributed by atoms with E-state index in [1.807, 2.05) is 27.7 Å². The van der Waals surface area contributed by atoms with E-state index in [-0.39, 0.29) is 49.8 Å². The highest BCUT2D eigenvalue weighted by molar-refractivity contribution is 5.98. The highest BCUT2D eigenvalue weighted by Gasteiger charge is 2.46. The standard InChI is InChI=1S/C48H78N8O11/c1-12-28(7)30(9)48(66)67-31(10)39(54-43(61)34(16-14-15-23-49)51-42(60)27(5)6)45(63)53-36(24-26(3)4)44(62)52-35-21-22-38(58)56(46(35)64)40(29(8)13-2)47(65)55(11)37(41(50)59)25-32-17-19-33(57)20-18-32/h14,16-20,26-31,34-40,57-58H,12-13,15,21-25,49H2,1-11H3,(H2,50,59)(H,51,60)(H,52,62)(H,53,63)(H,54,61). The summed E-state index contributed by atoms with van der Waals surface area (Å²) in [6.45, 7) is 17.6. The molecule has 0 saturated carbocycles. The Labute approximate surface area is 395 Å². The van der Waals surface area contributed by atoms with E-state index in [9.17, 15) is 48.6 Å². The van der Waals surface area contributed by atoms with E-state index in [2.05, 4.69) is 21.3 Å². The molecule has 0 aliphatic carbocycles. The Morgan fingerprint density at radius 1 is 0.866 bits per heavy atom. The summed E-state index contributed by atoms with van der Waals surface area (Å²) in [6.07, 6.45) is 1.84. The van der Waals surface area contributed by atoms with Gasteiger partial charge in [-0.1, -0.05) is 99.4 Å². The molecule has 1 aliphatic heterocycles. The van der Waals surface area contributed by atoms with Crippen LogP contribution in [0.3, 0.4) is 0 Å². The van der Waals surface area contributed by atoms with Crippen molar-refractivity contribution in [2.45, 2.75) is 163 Å². The summed E-state index contributed by atoms with van der Waals surface area (Å²) in [5, 5.41) is 31.8. The van der Waals surface area contributed by atoms with Crippen LogP contribution in [0.1, 0.15) is 113 Å². The number of carbonyl (C=O) groups excluding carboxylic acids is 8. The normalized spacial score (nSPS) is 19.3. The van der Waals surface area contributed by atoms with E-state index >= 15 is 0 Å². The first-order valence-electron chi connectivity index (χ1n) is 23.5. The molecule has 0 bridgehead atoms. The maximum absolute atomic E-state index is 14.4. The van der Waals surface area contributed by atoms with Crippen LogP contribution in [0.5, 0.6) is 5.75 Å². The van der Waals surface area contributed by atoms with Crippen LogP contribution in [0.25, 0.3) is 0 Å². The molecule has 19 heteroatoms. The number of amides is 7. The SMILES string of the molecule is CCC(C)C(C)C(=O)OC(C)C(NC(=O)C(C=CCCN)NC(=O)C(C)C)C(=O)NC(CC(C)C)C(=O)NC1CCC(O)N(C(C(=O)N(C)C(Cc2ccc(O)cc2)C(N)=O)C(C)CC)C1=O. The molecule has 0 spiro atoms. The lowest BCUT2D eigenvalue weighted by molar-refractivity contribution is -0.168. The number of hydrogen-bond acceptors (Lipinski definition) is 12. The number of rotatable bonds is 26. The number of nitrogens with two attached hydrogens (primary N) is 2. The van der Waals surface area contributed by atoms with Gasteiger partial charge in [-0.2, -0.15) is 0 Å². The minimum Gasteiger partial charge on any atom is -0.508 e. The van der Waals surface area contributed by atoms with Gasteiger partial charge >= 0.3 is 5.97 Å². The van der Waals surface area contributed by atoms with Gasteiger partial charge in [0.2, 0.25) is 41.4 Å². The summed E-state index contributed by atoms with van der Waals surface area (Å²) in [5.41, 5.74) is 12.0. The quantitative estimate of drug-likeness (QED) is 0.0487. The van der Waals surface area contributed by atoms with Gasteiger partial charge < -0.3 is 57.5 Å². The summed E-state index contributed by atoms with van der Waals surface area (Å²) in [7, 11) is 1.39. The number of likely N-dealkylation sites (N-methyl/N-ethyl adjacent to an activating group) is 1. The van der Waals surface area contributed by atoms with Crippen LogP contribution in [0.4, 0.5) is 0 Å². The maximum Gasteiger partial charge on any atom is 0.309 e.